The van der Waals surface area contributed by atoms with Crippen molar-refractivity contribution >= 4 is 11.6 Å². The van der Waals surface area contributed by atoms with Crippen LogP contribution in [0.2, 0.25) is 0 Å². The van der Waals surface area contributed by atoms with E-state index in [0.717, 1.165) is 25.4 Å². The van der Waals surface area contributed by atoms with Gasteiger partial charge in [0.15, 0.2) is 17.4 Å². The number of rotatable bonds is 3. The Balaban J connectivity index is 2.38. The summed E-state index contributed by atoms with van der Waals surface area (Å²) in [6.07, 6.45) is 1.66. The monoisotopic (exact) mass is 283 g/mol. The number of anilines is 1. The molecular weight excluding hydrogens is 275 g/mol. The first kappa shape index (κ1) is 13.8. The van der Waals surface area contributed by atoms with Crippen molar-refractivity contribution in [2.75, 3.05) is 5.32 Å². The molecule has 0 radical (unpaired) electrons. The third-order valence-corrected chi connectivity index (χ3v) is 2.12. The number of carbonyl (C=O) groups is 1. The Bertz CT molecular complexity index is 647. The van der Waals surface area contributed by atoms with Gasteiger partial charge < -0.3 is 10.1 Å². The second-order valence-corrected chi connectivity index (χ2v) is 3.73. The summed E-state index contributed by atoms with van der Waals surface area (Å²) in [5.74, 6) is -3.51. The minimum absolute atomic E-state index is 0.317. The zero-order chi connectivity index (χ0) is 14.7. The van der Waals surface area contributed by atoms with Crippen LogP contribution in [0.4, 0.5) is 18.9 Å². The van der Waals surface area contributed by atoms with E-state index < -0.39 is 23.4 Å². The fraction of sp³-hybridized carbons (Fsp3) is 0.0833. The first-order valence-corrected chi connectivity index (χ1v) is 5.37. The Kier molecular flexibility index (Phi) is 3.83. The molecule has 5 nitrogen and oxygen atoms in total. The van der Waals surface area contributed by atoms with Gasteiger partial charge in [-0.3, -0.25) is 4.79 Å². The summed E-state index contributed by atoms with van der Waals surface area (Å²) < 4.78 is 44.5. The molecule has 1 heterocycles. The second-order valence-electron chi connectivity index (χ2n) is 3.73. The van der Waals surface area contributed by atoms with Crippen molar-refractivity contribution in [1.82, 2.24) is 9.97 Å². The van der Waals surface area contributed by atoms with Crippen LogP contribution in [0.5, 0.6) is 11.8 Å². The maximum Gasteiger partial charge on any atom is 0.322 e. The van der Waals surface area contributed by atoms with E-state index in [4.69, 9.17) is 4.74 Å². The predicted octanol–water partition coefficient (Wildman–Crippen LogP) is 2.64. The number of nitrogens with zero attached hydrogens (tertiary/aromatic N) is 2. The smallest absolute Gasteiger partial charge is 0.322 e. The molecule has 0 aliphatic heterocycles. The second kappa shape index (κ2) is 5.55. The van der Waals surface area contributed by atoms with Gasteiger partial charge in [-0.1, -0.05) is 0 Å². The molecule has 0 bridgehead atoms. The topological polar surface area (TPSA) is 64.1 Å². The fourth-order valence-electron chi connectivity index (χ4n) is 1.38. The van der Waals surface area contributed by atoms with E-state index in [9.17, 15) is 18.0 Å². The first-order chi connectivity index (χ1) is 9.45. The Morgan fingerprint density at radius 3 is 2.40 bits per heavy atom. The normalized spacial score (nSPS) is 10.2. The SMILES string of the molecule is CC(=O)Nc1c(F)cc(F)cc1Oc1ncc(F)cn1. The minimum Gasteiger partial charge on any atom is -0.422 e. The Morgan fingerprint density at radius 1 is 1.15 bits per heavy atom. The molecule has 0 fully saturated rings. The number of carbonyl (C=O) groups excluding carboxylic acids is 1. The number of amides is 1. The highest BCUT2D eigenvalue weighted by Crippen LogP contribution is 2.31. The summed E-state index contributed by atoms with van der Waals surface area (Å²) in [4.78, 5) is 18.0. The van der Waals surface area contributed by atoms with Crippen LogP contribution in [-0.2, 0) is 4.79 Å². The average Bonchev–Trinajstić information content (AvgIpc) is 2.36. The molecule has 1 N–H and O–H groups in total. The molecule has 8 heteroatoms. The third-order valence-electron chi connectivity index (χ3n) is 2.12. The van der Waals surface area contributed by atoms with Crippen molar-refractivity contribution in [3.63, 3.8) is 0 Å². The maximum atomic E-state index is 13.6. The third kappa shape index (κ3) is 3.22. The van der Waals surface area contributed by atoms with Gasteiger partial charge >= 0.3 is 6.01 Å². The fourth-order valence-corrected chi connectivity index (χ4v) is 1.38. The van der Waals surface area contributed by atoms with Crippen LogP contribution in [0.3, 0.4) is 0 Å². The molecule has 0 atom stereocenters. The molecule has 0 saturated carbocycles. The number of nitrogens with one attached hydrogen (secondary N) is 1. The lowest BCUT2D eigenvalue weighted by atomic mass is 10.2. The van der Waals surface area contributed by atoms with Crippen molar-refractivity contribution in [3.8, 4) is 11.8 Å². The van der Waals surface area contributed by atoms with Gasteiger partial charge in [0.1, 0.15) is 11.5 Å². The highest BCUT2D eigenvalue weighted by molar-refractivity contribution is 5.90. The highest BCUT2D eigenvalue weighted by Gasteiger charge is 2.15. The lowest BCUT2D eigenvalue weighted by Crippen LogP contribution is -2.09. The number of hydrogen-bond acceptors (Lipinski definition) is 4. The summed E-state index contributed by atoms with van der Waals surface area (Å²) in [5, 5.41) is 2.17. The number of halogens is 3. The molecule has 0 spiro atoms. The Hall–Kier alpha value is -2.64. The van der Waals surface area contributed by atoms with Gasteiger partial charge in [-0.05, 0) is 0 Å². The summed E-state index contributed by atoms with van der Waals surface area (Å²) >= 11 is 0. The van der Waals surface area contributed by atoms with E-state index in [1.165, 1.54) is 0 Å². The summed E-state index contributed by atoms with van der Waals surface area (Å²) in [6.45, 7) is 1.15. The van der Waals surface area contributed by atoms with Gasteiger partial charge in [0.2, 0.25) is 5.91 Å². The van der Waals surface area contributed by atoms with Gasteiger partial charge in [0.05, 0.1) is 12.4 Å². The van der Waals surface area contributed by atoms with Crippen molar-refractivity contribution in [3.05, 3.63) is 42.0 Å². The molecule has 104 valence electrons. The van der Waals surface area contributed by atoms with Crippen LogP contribution in [0, 0.1) is 17.5 Å². The number of ether oxygens (including phenoxy) is 1. The van der Waals surface area contributed by atoms with Crippen molar-refractivity contribution in [2.24, 2.45) is 0 Å². The number of hydrogen-bond donors (Lipinski definition) is 1. The minimum atomic E-state index is -1.02. The zero-order valence-electron chi connectivity index (χ0n) is 10.2. The van der Waals surface area contributed by atoms with E-state index in [0.29, 0.717) is 6.07 Å². The molecule has 1 aromatic heterocycles. The summed E-state index contributed by atoms with van der Waals surface area (Å²) in [6, 6.07) is 1.12. The van der Waals surface area contributed by atoms with Gasteiger partial charge in [-0.2, -0.15) is 0 Å². The highest BCUT2D eigenvalue weighted by atomic mass is 19.1. The first-order valence-electron chi connectivity index (χ1n) is 5.37. The van der Waals surface area contributed by atoms with Gasteiger partial charge in [0, 0.05) is 19.1 Å². The van der Waals surface area contributed by atoms with Crippen molar-refractivity contribution in [1.29, 1.82) is 0 Å². The quantitative estimate of drug-likeness (QED) is 0.940. The standard InChI is InChI=1S/C12H8F3N3O2/c1-6(19)18-11-9(15)2-7(13)3-10(11)20-12-16-4-8(14)5-17-12/h2-5H,1H3,(H,18,19). The van der Waals surface area contributed by atoms with Gasteiger partial charge in [-0.25, -0.2) is 23.1 Å². The van der Waals surface area contributed by atoms with Crippen LogP contribution in [0.25, 0.3) is 0 Å². The van der Waals surface area contributed by atoms with Crippen LogP contribution < -0.4 is 10.1 Å². The lowest BCUT2D eigenvalue weighted by Gasteiger charge is -2.11. The van der Waals surface area contributed by atoms with Crippen molar-refractivity contribution < 1.29 is 22.7 Å². The van der Waals surface area contributed by atoms with Crippen LogP contribution in [0.15, 0.2) is 24.5 Å². The summed E-state index contributed by atoms with van der Waals surface area (Å²) in [5.41, 5.74) is -0.355. The molecular formula is C12H8F3N3O2. The lowest BCUT2D eigenvalue weighted by molar-refractivity contribution is -0.114. The molecule has 2 aromatic rings. The summed E-state index contributed by atoms with van der Waals surface area (Å²) in [7, 11) is 0. The average molecular weight is 283 g/mol. The van der Waals surface area contributed by atoms with Gasteiger partial charge in [0.25, 0.3) is 0 Å². The van der Waals surface area contributed by atoms with E-state index in [1.807, 2.05) is 0 Å². The van der Waals surface area contributed by atoms with Crippen LogP contribution in [0.1, 0.15) is 6.92 Å². The Labute approximate surface area is 111 Å². The van der Waals surface area contributed by atoms with E-state index >= 15 is 0 Å². The van der Waals surface area contributed by atoms with Crippen LogP contribution in [-0.4, -0.2) is 15.9 Å². The molecule has 0 unspecified atom stereocenters. The molecule has 1 amide bonds. The maximum absolute atomic E-state index is 13.6. The molecule has 0 saturated heterocycles. The van der Waals surface area contributed by atoms with E-state index in [-0.39, 0.29) is 17.4 Å². The Morgan fingerprint density at radius 2 is 1.80 bits per heavy atom. The molecule has 20 heavy (non-hydrogen) atoms. The number of aromatic nitrogens is 2. The molecule has 1 aromatic carbocycles. The zero-order valence-corrected chi connectivity index (χ0v) is 10.2. The largest absolute Gasteiger partial charge is 0.422 e. The number of benzene rings is 1. The van der Waals surface area contributed by atoms with Gasteiger partial charge in [-0.15, -0.1) is 0 Å². The molecule has 0 aliphatic rings. The molecule has 0 aliphatic carbocycles. The predicted molar refractivity (Wildman–Crippen MR) is 62.7 cm³/mol. The van der Waals surface area contributed by atoms with Crippen LogP contribution >= 0.6 is 0 Å². The van der Waals surface area contributed by atoms with E-state index in [1.54, 1.807) is 0 Å². The molecule has 2 rings (SSSR count). The van der Waals surface area contributed by atoms with E-state index in [2.05, 4.69) is 15.3 Å². The van der Waals surface area contributed by atoms with Crippen molar-refractivity contribution in [2.45, 2.75) is 6.92 Å².